The molecule has 1 saturated carbocycles. The molecule has 6 heteroatoms. The van der Waals surface area contributed by atoms with Crippen molar-refractivity contribution in [3.05, 3.63) is 58.6 Å². The van der Waals surface area contributed by atoms with E-state index < -0.39 is 0 Å². The Morgan fingerprint density at radius 2 is 1.58 bits per heavy atom. The average molecular weight is 372 g/mol. The maximum atomic E-state index is 12.2. The summed E-state index contributed by atoms with van der Waals surface area (Å²) in [6, 6.07) is 12.1. The van der Waals surface area contributed by atoms with Gasteiger partial charge in [-0.2, -0.15) is 0 Å². The van der Waals surface area contributed by atoms with Crippen LogP contribution in [0, 0.1) is 6.92 Å². The summed E-state index contributed by atoms with van der Waals surface area (Å²) in [5.41, 5.74) is 2.76. The third-order valence-electron chi connectivity index (χ3n) is 4.53. The molecule has 0 bridgehead atoms. The highest BCUT2D eigenvalue weighted by atomic mass is 35.5. The fourth-order valence-electron chi connectivity index (χ4n) is 3.01. The van der Waals surface area contributed by atoms with Gasteiger partial charge in [-0.3, -0.25) is 4.79 Å². The first kappa shape index (κ1) is 18.3. The zero-order valence-electron chi connectivity index (χ0n) is 14.6. The molecule has 26 heavy (non-hydrogen) atoms. The molecule has 3 N–H and O–H groups in total. The van der Waals surface area contributed by atoms with Crippen molar-refractivity contribution >= 4 is 34.9 Å². The Morgan fingerprint density at radius 1 is 0.962 bits per heavy atom. The molecule has 5 nitrogen and oxygen atoms in total. The number of hydrogen-bond acceptors (Lipinski definition) is 2. The van der Waals surface area contributed by atoms with Crippen molar-refractivity contribution in [2.45, 2.75) is 38.6 Å². The first-order chi connectivity index (χ1) is 12.5. The Bertz CT molecular complexity index is 799. The molecule has 0 heterocycles. The molecular formula is C20H22ClN3O2. The van der Waals surface area contributed by atoms with Crippen molar-refractivity contribution in [1.29, 1.82) is 0 Å². The van der Waals surface area contributed by atoms with E-state index in [2.05, 4.69) is 16.0 Å². The first-order valence-corrected chi connectivity index (χ1v) is 9.14. The van der Waals surface area contributed by atoms with Crippen LogP contribution < -0.4 is 16.0 Å². The van der Waals surface area contributed by atoms with Gasteiger partial charge in [0.1, 0.15) is 0 Å². The van der Waals surface area contributed by atoms with Crippen LogP contribution in [0.15, 0.2) is 42.5 Å². The summed E-state index contributed by atoms with van der Waals surface area (Å²) < 4.78 is 0. The molecule has 0 saturated heterocycles. The number of carbonyl (C=O) groups is 2. The lowest BCUT2D eigenvalue weighted by atomic mass is 10.1. The molecule has 1 fully saturated rings. The predicted molar refractivity (Wildman–Crippen MR) is 105 cm³/mol. The lowest BCUT2D eigenvalue weighted by molar-refractivity contribution is 0.0938. The number of carbonyl (C=O) groups excluding carboxylic acids is 2. The van der Waals surface area contributed by atoms with Gasteiger partial charge in [0.2, 0.25) is 0 Å². The van der Waals surface area contributed by atoms with Gasteiger partial charge in [0.15, 0.2) is 0 Å². The fourth-order valence-corrected chi connectivity index (χ4v) is 3.19. The van der Waals surface area contributed by atoms with Gasteiger partial charge in [0.25, 0.3) is 5.91 Å². The van der Waals surface area contributed by atoms with Crippen LogP contribution in [-0.4, -0.2) is 18.0 Å². The van der Waals surface area contributed by atoms with Gasteiger partial charge in [-0.05, 0) is 61.7 Å². The summed E-state index contributed by atoms with van der Waals surface area (Å²) in [6.07, 6.45) is 4.45. The van der Waals surface area contributed by atoms with Crippen molar-refractivity contribution in [3.8, 4) is 0 Å². The molecule has 3 amide bonds. The maximum Gasteiger partial charge on any atom is 0.323 e. The van der Waals surface area contributed by atoms with E-state index in [9.17, 15) is 9.59 Å². The maximum absolute atomic E-state index is 12.2. The summed E-state index contributed by atoms with van der Waals surface area (Å²) in [5.74, 6) is -0.0674. The van der Waals surface area contributed by atoms with Crippen LogP contribution in [0.2, 0.25) is 5.02 Å². The highest BCUT2D eigenvalue weighted by molar-refractivity contribution is 6.31. The SMILES string of the molecule is Cc1ccc(NC(=O)Nc2ccc(C(=O)NC3CCCC3)cc2)cc1Cl. The first-order valence-electron chi connectivity index (χ1n) is 8.76. The summed E-state index contributed by atoms with van der Waals surface area (Å²) in [4.78, 5) is 24.3. The largest absolute Gasteiger partial charge is 0.349 e. The predicted octanol–water partition coefficient (Wildman–Crippen LogP) is 4.96. The molecule has 0 aromatic heterocycles. The second kappa shape index (κ2) is 8.23. The molecule has 0 unspecified atom stereocenters. The van der Waals surface area contributed by atoms with Crippen LogP contribution in [0.5, 0.6) is 0 Å². The molecule has 0 radical (unpaired) electrons. The third kappa shape index (κ3) is 4.76. The lowest BCUT2D eigenvalue weighted by Gasteiger charge is -2.12. The number of rotatable bonds is 4. The summed E-state index contributed by atoms with van der Waals surface area (Å²) in [7, 11) is 0. The van der Waals surface area contributed by atoms with Gasteiger partial charge in [0, 0.05) is 28.0 Å². The zero-order chi connectivity index (χ0) is 18.5. The van der Waals surface area contributed by atoms with Crippen molar-refractivity contribution in [2.75, 3.05) is 10.6 Å². The number of anilines is 2. The minimum Gasteiger partial charge on any atom is -0.349 e. The average Bonchev–Trinajstić information content (AvgIpc) is 3.11. The van der Waals surface area contributed by atoms with E-state index >= 15 is 0 Å². The Balaban J connectivity index is 1.55. The molecule has 1 aliphatic rings. The number of aryl methyl sites for hydroxylation is 1. The van der Waals surface area contributed by atoms with E-state index in [0.29, 0.717) is 22.0 Å². The van der Waals surface area contributed by atoms with E-state index in [0.717, 1.165) is 18.4 Å². The Morgan fingerprint density at radius 3 is 2.23 bits per heavy atom. The monoisotopic (exact) mass is 371 g/mol. The smallest absolute Gasteiger partial charge is 0.323 e. The standard InChI is InChI=1S/C20H22ClN3O2/c1-13-6-9-17(12-18(13)21)24-20(26)23-16-10-7-14(8-11-16)19(25)22-15-4-2-3-5-15/h6-12,15H,2-5H2,1H3,(H,22,25)(H2,23,24,26). The number of benzene rings is 2. The molecule has 0 atom stereocenters. The van der Waals surface area contributed by atoms with Gasteiger partial charge >= 0.3 is 6.03 Å². The second-order valence-electron chi connectivity index (χ2n) is 6.58. The topological polar surface area (TPSA) is 70.2 Å². The number of nitrogens with one attached hydrogen (secondary N) is 3. The van der Waals surface area contributed by atoms with Crippen LogP contribution in [0.4, 0.5) is 16.2 Å². The molecule has 0 spiro atoms. The van der Waals surface area contributed by atoms with Crippen molar-refractivity contribution in [2.24, 2.45) is 0 Å². The minimum atomic E-state index is -0.368. The number of hydrogen-bond donors (Lipinski definition) is 3. The number of urea groups is 1. The second-order valence-corrected chi connectivity index (χ2v) is 6.98. The minimum absolute atomic E-state index is 0.0674. The summed E-state index contributed by atoms with van der Waals surface area (Å²) in [5, 5.41) is 9.11. The highest BCUT2D eigenvalue weighted by Crippen LogP contribution is 2.21. The molecule has 2 aromatic carbocycles. The van der Waals surface area contributed by atoms with E-state index in [1.807, 2.05) is 13.0 Å². The van der Waals surface area contributed by atoms with Gasteiger partial charge in [0.05, 0.1) is 0 Å². The van der Waals surface area contributed by atoms with E-state index in [1.54, 1.807) is 36.4 Å². The Hall–Kier alpha value is -2.53. The number of halogens is 1. The normalized spacial score (nSPS) is 14.1. The fraction of sp³-hybridized carbons (Fsp3) is 0.300. The van der Waals surface area contributed by atoms with Crippen LogP contribution in [0.3, 0.4) is 0 Å². The number of amides is 3. The van der Waals surface area contributed by atoms with Crippen LogP contribution in [-0.2, 0) is 0 Å². The van der Waals surface area contributed by atoms with E-state index in [-0.39, 0.29) is 18.0 Å². The summed E-state index contributed by atoms with van der Waals surface area (Å²) >= 11 is 6.06. The van der Waals surface area contributed by atoms with Crippen molar-refractivity contribution in [1.82, 2.24) is 5.32 Å². The molecule has 0 aliphatic heterocycles. The Kier molecular flexibility index (Phi) is 5.78. The van der Waals surface area contributed by atoms with Gasteiger partial charge in [-0.25, -0.2) is 4.79 Å². The molecule has 136 valence electrons. The molecule has 3 rings (SSSR count). The van der Waals surface area contributed by atoms with Crippen LogP contribution in [0.25, 0.3) is 0 Å². The third-order valence-corrected chi connectivity index (χ3v) is 4.93. The molecule has 1 aliphatic carbocycles. The van der Waals surface area contributed by atoms with Crippen LogP contribution >= 0.6 is 11.6 Å². The zero-order valence-corrected chi connectivity index (χ0v) is 15.4. The van der Waals surface area contributed by atoms with Gasteiger partial charge < -0.3 is 16.0 Å². The summed E-state index contributed by atoms with van der Waals surface area (Å²) in [6.45, 7) is 1.90. The van der Waals surface area contributed by atoms with Gasteiger partial charge in [-0.1, -0.05) is 30.5 Å². The highest BCUT2D eigenvalue weighted by Gasteiger charge is 2.17. The molecular weight excluding hydrogens is 350 g/mol. The van der Waals surface area contributed by atoms with E-state index in [1.165, 1.54) is 12.8 Å². The molecule has 2 aromatic rings. The van der Waals surface area contributed by atoms with Crippen molar-refractivity contribution in [3.63, 3.8) is 0 Å². The van der Waals surface area contributed by atoms with Crippen molar-refractivity contribution < 1.29 is 9.59 Å². The van der Waals surface area contributed by atoms with Gasteiger partial charge in [-0.15, -0.1) is 0 Å². The Labute approximate surface area is 158 Å². The quantitative estimate of drug-likeness (QED) is 0.710. The lowest BCUT2D eigenvalue weighted by Crippen LogP contribution is -2.32. The van der Waals surface area contributed by atoms with Crippen LogP contribution in [0.1, 0.15) is 41.6 Å². The van der Waals surface area contributed by atoms with E-state index in [4.69, 9.17) is 11.6 Å².